The van der Waals surface area contributed by atoms with Gasteiger partial charge in [-0.2, -0.15) is 0 Å². The Morgan fingerprint density at radius 1 is 1.43 bits per heavy atom. The van der Waals surface area contributed by atoms with Crippen molar-refractivity contribution in [2.24, 2.45) is 5.73 Å². The van der Waals surface area contributed by atoms with E-state index in [0.717, 1.165) is 0 Å². The van der Waals surface area contributed by atoms with Gasteiger partial charge in [0.2, 0.25) is 5.91 Å². The quantitative estimate of drug-likeness (QED) is 0.722. The topological polar surface area (TPSA) is 123 Å². The fourth-order valence-electron chi connectivity index (χ4n) is 1.65. The third-order valence-corrected chi connectivity index (χ3v) is 2.90. The zero-order valence-electron chi connectivity index (χ0n) is 10.8. The summed E-state index contributed by atoms with van der Waals surface area (Å²) >= 11 is 5.93. The predicted molar refractivity (Wildman–Crippen MR) is 75.0 cm³/mol. The smallest absolute Gasteiger partial charge is 0.325 e. The van der Waals surface area contributed by atoms with Crippen molar-refractivity contribution < 1.29 is 14.7 Å². The highest BCUT2D eigenvalue weighted by molar-refractivity contribution is 6.34. The lowest BCUT2D eigenvalue weighted by Crippen LogP contribution is -2.11. The molecule has 2 rings (SSSR count). The summed E-state index contributed by atoms with van der Waals surface area (Å²) in [7, 11) is 0. The molecule has 0 bridgehead atoms. The van der Waals surface area contributed by atoms with Crippen molar-refractivity contribution in [2.45, 2.75) is 13.1 Å². The van der Waals surface area contributed by atoms with Gasteiger partial charge in [-0.05, 0) is 18.2 Å². The predicted octanol–water partition coefficient (Wildman–Crippen LogP) is 0.727. The molecule has 110 valence electrons. The number of hydrogen-bond acceptors (Lipinski definition) is 5. The Kier molecular flexibility index (Phi) is 4.39. The number of carbonyl (C=O) groups excluding carboxylic acids is 1. The van der Waals surface area contributed by atoms with Gasteiger partial charge in [-0.1, -0.05) is 16.8 Å². The lowest BCUT2D eigenvalue weighted by atomic mass is 10.2. The van der Waals surface area contributed by atoms with Gasteiger partial charge in [-0.25, -0.2) is 4.68 Å². The first kappa shape index (κ1) is 14.8. The molecule has 0 aliphatic heterocycles. The number of benzene rings is 1. The number of hydrogen-bond donors (Lipinski definition) is 3. The van der Waals surface area contributed by atoms with Crippen LogP contribution in [0.3, 0.4) is 0 Å². The Morgan fingerprint density at radius 2 is 2.19 bits per heavy atom. The minimum absolute atomic E-state index is 0.244. The summed E-state index contributed by atoms with van der Waals surface area (Å²) in [6, 6.07) is 4.76. The van der Waals surface area contributed by atoms with Crippen molar-refractivity contribution in [3.05, 3.63) is 40.7 Å². The average molecular weight is 310 g/mol. The minimum atomic E-state index is -0.992. The summed E-state index contributed by atoms with van der Waals surface area (Å²) in [5, 5.41) is 19.4. The monoisotopic (exact) mass is 309 g/mol. The molecule has 1 aromatic heterocycles. The molecule has 8 nitrogen and oxygen atoms in total. The van der Waals surface area contributed by atoms with Crippen LogP contribution in [-0.4, -0.2) is 32.0 Å². The lowest BCUT2D eigenvalue weighted by molar-refractivity contribution is -0.137. The van der Waals surface area contributed by atoms with E-state index in [9.17, 15) is 9.59 Å². The zero-order valence-corrected chi connectivity index (χ0v) is 11.5. The first-order chi connectivity index (χ1) is 9.95. The van der Waals surface area contributed by atoms with Crippen LogP contribution >= 0.6 is 11.6 Å². The van der Waals surface area contributed by atoms with Gasteiger partial charge >= 0.3 is 5.97 Å². The highest BCUT2D eigenvalue weighted by Crippen LogP contribution is 2.20. The van der Waals surface area contributed by atoms with Crippen molar-refractivity contribution in [3.8, 4) is 0 Å². The molecule has 0 atom stereocenters. The first-order valence-corrected chi connectivity index (χ1v) is 6.27. The van der Waals surface area contributed by atoms with E-state index in [1.165, 1.54) is 16.9 Å². The molecule has 0 radical (unpaired) electrons. The van der Waals surface area contributed by atoms with Crippen molar-refractivity contribution in [1.82, 2.24) is 15.0 Å². The molecular formula is C12H12ClN5O3. The number of nitrogens with zero attached hydrogens (tertiary/aromatic N) is 3. The molecule has 2 aromatic rings. The van der Waals surface area contributed by atoms with Gasteiger partial charge in [-0.3, -0.25) is 9.59 Å². The van der Waals surface area contributed by atoms with E-state index < -0.39 is 11.9 Å². The largest absolute Gasteiger partial charge is 0.480 e. The number of rotatable bonds is 6. The Bertz CT molecular complexity index is 685. The second-order valence-electron chi connectivity index (χ2n) is 4.21. The number of aromatic nitrogens is 3. The van der Waals surface area contributed by atoms with Crippen LogP contribution in [0.4, 0.5) is 5.69 Å². The van der Waals surface area contributed by atoms with Gasteiger partial charge in [0, 0.05) is 5.69 Å². The number of primary amides is 1. The maximum atomic E-state index is 11.1. The van der Waals surface area contributed by atoms with E-state index in [4.69, 9.17) is 22.4 Å². The molecule has 0 unspecified atom stereocenters. The van der Waals surface area contributed by atoms with Crippen LogP contribution in [0.15, 0.2) is 24.4 Å². The van der Waals surface area contributed by atoms with Crippen LogP contribution in [0.25, 0.3) is 0 Å². The van der Waals surface area contributed by atoms with Crippen molar-refractivity contribution in [2.75, 3.05) is 5.32 Å². The van der Waals surface area contributed by atoms with Gasteiger partial charge < -0.3 is 16.2 Å². The van der Waals surface area contributed by atoms with Gasteiger partial charge in [0.25, 0.3) is 0 Å². The van der Waals surface area contributed by atoms with Gasteiger partial charge in [-0.15, -0.1) is 5.10 Å². The third-order valence-electron chi connectivity index (χ3n) is 2.59. The summed E-state index contributed by atoms with van der Waals surface area (Å²) in [5.74, 6) is -1.59. The molecule has 9 heteroatoms. The van der Waals surface area contributed by atoms with Crippen molar-refractivity contribution in [3.63, 3.8) is 0 Å². The number of carboxylic acids is 1. The molecule has 0 aliphatic rings. The van der Waals surface area contributed by atoms with Crippen LogP contribution in [-0.2, 0) is 17.9 Å². The van der Waals surface area contributed by atoms with Crippen LogP contribution < -0.4 is 11.1 Å². The van der Waals surface area contributed by atoms with E-state index >= 15 is 0 Å². The maximum absolute atomic E-state index is 11.1. The standard InChI is InChI=1S/C12H12ClN5O3/c13-10-3-7(1-2-9(10)12(14)21)15-4-8-5-18(17-16-8)6-11(19)20/h1-3,5,15H,4,6H2,(H2,14,21)(H,19,20). The number of aliphatic carboxylic acids is 1. The van der Waals surface area contributed by atoms with Crippen LogP contribution in [0, 0.1) is 0 Å². The summed E-state index contributed by atoms with van der Waals surface area (Å²) in [6.07, 6.45) is 1.53. The molecule has 0 aliphatic carbocycles. The second-order valence-corrected chi connectivity index (χ2v) is 4.62. The summed E-state index contributed by atoms with van der Waals surface area (Å²) < 4.78 is 1.22. The molecule has 21 heavy (non-hydrogen) atoms. The number of amides is 1. The Hall–Kier alpha value is -2.61. The zero-order chi connectivity index (χ0) is 15.4. The maximum Gasteiger partial charge on any atom is 0.325 e. The van der Waals surface area contributed by atoms with Crippen LogP contribution in [0.2, 0.25) is 5.02 Å². The number of nitrogens with two attached hydrogens (primary N) is 1. The molecule has 1 heterocycles. The number of carboxylic acid groups (broad SMARTS) is 1. The molecule has 4 N–H and O–H groups in total. The number of carbonyl (C=O) groups is 2. The Morgan fingerprint density at radius 3 is 2.81 bits per heavy atom. The lowest BCUT2D eigenvalue weighted by Gasteiger charge is -2.06. The second kappa shape index (κ2) is 6.23. The Labute approximate surface area is 124 Å². The number of anilines is 1. The Balaban J connectivity index is 1.99. The van der Waals surface area contributed by atoms with Gasteiger partial charge in [0.15, 0.2) is 0 Å². The molecule has 0 saturated heterocycles. The minimum Gasteiger partial charge on any atom is -0.480 e. The first-order valence-electron chi connectivity index (χ1n) is 5.89. The highest BCUT2D eigenvalue weighted by atomic mass is 35.5. The van der Waals surface area contributed by atoms with E-state index in [2.05, 4.69) is 15.6 Å². The fourth-order valence-corrected chi connectivity index (χ4v) is 1.93. The summed E-state index contributed by atoms with van der Waals surface area (Å²) in [5.41, 5.74) is 6.66. The van der Waals surface area contributed by atoms with Crippen molar-refractivity contribution in [1.29, 1.82) is 0 Å². The molecule has 0 saturated carbocycles. The number of halogens is 1. The molecule has 1 amide bonds. The SMILES string of the molecule is NC(=O)c1ccc(NCc2cn(CC(=O)O)nn2)cc1Cl. The van der Waals surface area contributed by atoms with E-state index in [1.807, 2.05) is 0 Å². The average Bonchev–Trinajstić information content (AvgIpc) is 2.82. The van der Waals surface area contributed by atoms with Crippen LogP contribution in [0.1, 0.15) is 16.1 Å². The summed E-state index contributed by atoms with van der Waals surface area (Å²) in [4.78, 5) is 21.6. The fraction of sp³-hybridized carbons (Fsp3) is 0.167. The van der Waals surface area contributed by atoms with Crippen LogP contribution in [0.5, 0.6) is 0 Å². The number of nitrogens with one attached hydrogen (secondary N) is 1. The molecule has 0 fully saturated rings. The summed E-state index contributed by atoms with van der Waals surface area (Å²) in [6.45, 7) is 0.0952. The molecule has 0 spiro atoms. The van der Waals surface area contributed by atoms with Gasteiger partial charge in [0.1, 0.15) is 12.2 Å². The third kappa shape index (κ3) is 3.93. The van der Waals surface area contributed by atoms with E-state index in [1.54, 1.807) is 12.1 Å². The highest BCUT2D eigenvalue weighted by Gasteiger charge is 2.08. The van der Waals surface area contributed by atoms with Gasteiger partial charge in [0.05, 0.1) is 23.3 Å². The van der Waals surface area contributed by atoms with Crippen molar-refractivity contribution >= 4 is 29.2 Å². The normalized spacial score (nSPS) is 10.3. The molecular weight excluding hydrogens is 298 g/mol. The molecule has 1 aromatic carbocycles. The van der Waals surface area contributed by atoms with E-state index in [-0.39, 0.29) is 17.1 Å². The van der Waals surface area contributed by atoms with E-state index in [0.29, 0.717) is 17.9 Å².